The second kappa shape index (κ2) is 7.51. The van der Waals surface area contributed by atoms with E-state index in [4.69, 9.17) is 0 Å². The van der Waals surface area contributed by atoms with Gasteiger partial charge in [-0.15, -0.1) is 0 Å². The second-order valence-electron chi connectivity index (χ2n) is 6.90. The lowest BCUT2D eigenvalue weighted by Gasteiger charge is -2.17. The Kier molecular flexibility index (Phi) is 5.17. The lowest BCUT2D eigenvalue weighted by atomic mass is 9.94. The van der Waals surface area contributed by atoms with Crippen LogP contribution < -0.4 is 10.2 Å². The zero-order chi connectivity index (χ0) is 17.8. The van der Waals surface area contributed by atoms with Gasteiger partial charge in [-0.3, -0.25) is 9.59 Å². The molecule has 25 heavy (non-hydrogen) atoms. The minimum absolute atomic E-state index is 0.0464. The summed E-state index contributed by atoms with van der Waals surface area (Å²) < 4.78 is 0. The van der Waals surface area contributed by atoms with E-state index in [0.29, 0.717) is 18.5 Å². The molecule has 2 aromatic carbocycles. The summed E-state index contributed by atoms with van der Waals surface area (Å²) in [5.74, 6) is 0.329. The van der Waals surface area contributed by atoms with E-state index in [2.05, 4.69) is 5.32 Å². The van der Waals surface area contributed by atoms with Crippen molar-refractivity contribution in [1.29, 1.82) is 0 Å². The first-order valence-electron chi connectivity index (χ1n) is 8.78. The lowest BCUT2D eigenvalue weighted by Crippen LogP contribution is -2.31. The molecule has 0 unspecified atom stereocenters. The van der Waals surface area contributed by atoms with E-state index >= 15 is 0 Å². The van der Waals surface area contributed by atoms with Crippen molar-refractivity contribution >= 4 is 17.5 Å². The number of benzene rings is 2. The van der Waals surface area contributed by atoms with Crippen molar-refractivity contribution in [3.8, 4) is 0 Å². The van der Waals surface area contributed by atoms with Gasteiger partial charge in [-0.2, -0.15) is 0 Å². The molecule has 1 aliphatic rings. The largest absolute Gasteiger partial charge is 0.350 e. The smallest absolute Gasteiger partial charge is 0.251 e. The van der Waals surface area contributed by atoms with E-state index in [-0.39, 0.29) is 23.8 Å². The highest BCUT2D eigenvalue weighted by Crippen LogP contribution is 2.28. The molecule has 4 nitrogen and oxygen atoms in total. The fourth-order valence-electron chi connectivity index (χ4n) is 3.35. The number of nitrogens with one attached hydrogen (secondary N) is 1. The van der Waals surface area contributed by atoms with Crippen molar-refractivity contribution < 1.29 is 9.59 Å². The van der Waals surface area contributed by atoms with Gasteiger partial charge in [0, 0.05) is 30.3 Å². The molecule has 0 spiro atoms. The predicted molar refractivity (Wildman–Crippen MR) is 99.7 cm³/mol. The van der Waals surface area contributed by atoms with Crippen LogP contribution in [0.1, 0.15) is 36.2 Å². The highest BCUT2D eigenvalue weighted by molar-refractivity contribution is 5.97. The van der Waals surface area contributed by atoms with Crippen LogP contribution in [-0.2, 0) is 11.2 Å². The summed E-state index contributed by atoms with van der Waals surface area (Å²) >= 11 is 0. The standard InChI is InChI=1S/C21H24N2O2/c1-15(2)22-21(25)19-11-7-6-8-17(19)12-16-13-20(24)23(14-16)18-9-4-3-5-10-18/h3-11,15-16H,12-14H2,1-2H3,(H,22,25)/t16-/m0/s1. The predicted octanol–water partition coefficient (Wildman–Crippen LogP) is 3.42. The minimum atomic E-state index is -0.0464. The number of carbonyl (C=O) groups excluding carboxylic acids is 2. The molecule has 4 heteroatoms. The molecule has 0 aliphatic carbocycles. The monoisotopic (exact) mass is 336 g/mol. The van der Waals surface area contributed by atoms with Gasteiger partial charge in [0.25, 0.3) is 5.91 Å². The van der Waals surface area contributed by atoms with Gasteiger partial charge in [-0.05, 0) is 49.9 Å². The number of anilines is 1. The molecular weight excluding hydrogens is 312 g/mol. The molecule has 1 N–H and O–H groups in total. The van der Waals surface area contributed by atoms with Gasteiger partial charge in [0.15, 0.2) is 0 Å². The van der Waals surface area contributed by atoms with Crippen molar-refractivity contribution in [3.05, 3.63) is 65.7 Å². The van der Waals surface area contributed by atoms with Crippen LogP contribution in [0.2, 0.25) is 0 Å². The lowest BCUT2D eigenvalue weighted by molar-refractivity contribution is -0.117. The van der Waals surface area contributed by atoms with Crippen LogP contribution in [-0.4, -0.2) is 24.4 Å². The molecule has 1 fully saturated rings. The topological polar surface area (TPSA) is 49.4 Å². The van der Waals surface area contributed by atoms with Crippen molar-refractivity contribution in [2.24, 2.45) is 5.92 Å². The Bertz CT molecular complexity index is 756. The molecule has 130 valence electrons. The van der Waals surface area contributed by atoms with Crippen LogP contribution in [0, 0.1) is 5.92 Å². The maximum atomic E-state index is 12.4. The van der Waals surface area contributed by atoms with Crippen molar-refractivity contribution in [1.82, 2.24) is 5.32 Å². The molecule has 0 saturated carbocycles. The van der Waals surface area contributed by atoms with Gasteiger partial charge < -0.3 is 10.2 Å². The molecule has 0 bridgehead atoms. The van der Waals surface area contributed by atoms with E-state index in [1.807, 2.05) is 73.3 Å². The molecular formula is C21H24N2O2. The Morgan fingerprint density at radius 2 is 1.80 bits per heavy atom. The number of nitrogens with zero attached hydrogens (tertiary/aromatic N) is 1. The SMILES string of the molecule is CC(C)NC(=O)c1ccccc1C[C@H]1CC(=O)N(c2ccccc2)C1. The first-order valence-corrected chi connectivity index (χ1v) is 8.78. The number of amides is 2. The summed E-state index contributed by atoms with van der Waals surface area (Å²) in [5, 5.41) is 2.95. The quantitative estimate of drug-likeness (QED) is 0.909. The molecule has 3 rings (SSSR count). The average Bonchev–Trinajstić information content (AvgIpc) is 2.96. The molecule has 0 radical (unpaired) electrons. The van der Waals surface area contributed by atoms with Gasteiger partial charge in [-0.25, -0.2) is 0 Å². The molecule has 1 atom stereocenters. The highest BCUT2D eigenvalue weighted by Gasteiger charge is 2.31. The number of carbonyl (C=O) groups is 2. The second-order valence-corrected chi connectivity index (χ2v) is 6.90. The fraction of sp³-hybridized carbons (Fsp3) is 0.333. The van der Waals surface area contributed by atoms with E-state index in [9.17, 15) is 9.59 Å². The molecule has 2 aromatic rings. The van der Waals surface area contributed by atoms with Crippen molar-refractivity contribution in [2.75, 3.05) is 11.4 Å². The maximum Gasteiger partial charge on any atom is 0.251 e. The first-order chi connectivity index (χ1) is 12.0. The third-order valence-electron chi connectivity index (χ3n) is 4.46. The van der Waals surface area contributed by atoms with E-state index < -0.39 is 0 Å². The van der Waals surface area contributed by atoms with Crippen LogP contribution in [0.4, 0.5) is 5.69 Å². The van der Waals surface area contributed by atoms with Gasteiger partial charge in [0.05, 0.1) is 0 Å². The Balaban J connectivity index is 1.74. The summed E-state index contributed by atoms with van der Waals surface area (Å²) in [6.07, 6.45) is 1.26. The van der Waals surface area contributed by atoms with E-state index in [1.54, 1.807) is 0 Å². The van der Waals surface area contributed by atoms with E-state index in [0.717, 1.165) is 17.7 Å². The first kappa shape index (κ1) is 17.2. The normalized spacial score (nSPS) is 17.2. The molecule has 0 aromatic heterocycles. The zero-order valence-corrected chi connectivity index (χ0v) is 14.7. The Morgan fingerprint density at radius 3 is 2.52 bits per heavy atom. The number of hydrogen-bond donors (Lipinski definition) is 1. The number of rotatable bonds is 5. The summed E-state index contributed by atoms with van der Waals surface area (Å²) in [6.45, 7) is 4.60. The number of para-hydroxylation sites is 1. The van der Waals surface area contributed by atoms with Crippen LogP contribution in [0.25, 0.3) is 0 Å². The Morgan fingerprint density at radius 1 is 1.12 bits per heavy atom. The van der Waals surface area contributed by atoms with E-state index in [1.165, 1.54) is 0 Å². The summed E-state index contributed by atoms with van der Waals surface area (Å²) in [4.78, 5) is 26.6. The van der Waals surface area contributed by atoms with Gasteiger partial charge >= 0.3 is 0 Å². The van der Waals surface area contributed by atoms with Crippen LogP contribution in [0.5, 0.6) is 0 Å². The van der Waals surface area contributed by atoms with Crippen LogP contribution in [0.3, 0.4) is 0 Å². The van der Waals surface area contributed by atoms with Crippen LogP contribution >= 0.6 is 0 Å². The number of hydrogen-bond acceptors (Lipinski definition) is 2. The van der Waals surface area contributed by atoms with Crippen molar-refractivity contribution in [3.63, 3.8) is 0 Å². The fourth-order valence-corrected chi connectivity index (χ4v) is 3.35. The third-order valence-corrected chi connectivity index (χ3v) is 4.46. The van der Waals surface area contributed by atoms with Gasteiger partial charge in [0.2, 0.25) is 5.91 Å². The van der Waals surface area contributed by atoms with Gasteiger partial charge in [0.1, 0.15) is 0 Å². The zero-order valence-electron chi connectivity index (χ0n) is 14.7. The minimum Gasteiger partial charge on any atom is -0.350 e. The van der Waals surface area contributed by atoms with Gasteiger partial charge in [-0.1, -0.05) is 36.4 Å². The maximum absolute atomic E-state index is 12.4. The average molecular weight is 336 g/mol. The highest BCUT2D eigenvalue weighted by atomic mass is 16.2. The molecule has 2 amide bonds. The van der Waals surface area contributed by atoms with Crippen molar-refractivity contribution in [2.45, 2.75) is 32.7 Å². The van der Waals surface area contributed by atoms with Crippen LogP contribution in [0.15, 0.2) is 54.6 Å². The Hall–Kier alpha value is -2.62. The summed E-state index contributed by atoms with van der Waals surface area (Å²) in [7, 11) is 0. The Labute approximate surface area is 148 Å². The molecule has 1 saturated heterocycles. The third kappa shape index (κ3) is 4.08. The summed E-state index contributed by atoms with van der Waals surface area (Å²) in [6, 6.07) is 17.6. The summed E-state index contributed by atoms with van der Waals surface area (Å²) in [5.41, 5.74) is 2.66. The molecule has 1 aliphatic heterocycles. The molecule has 1 heterocycles.